The number of benzene rings is 1. The van der Waals surface area contributed by atoms with Gasteiger partial charge in [0.2, 0.25) is 0 Å². The standard InChI is InChI=1S/C19H24N4O4/c1-14(2)19(24)27-13-12-22(5)18-10-8-17(9-11-18)21-20-15(3)6-7-16(4)23(25)26/h6-11,14H,3-4,12-13H2,1-2,5H3/b7-6-,21-20?. The number of likely N-dealkylation sites (N-methyl/N-ethyl adjacent to an activating group) is 1. The molecule has 0 N–H and O–H groups in total. The Morgan fingerprint density at radius 1 is 1.30 bits per heavy atom. The summed E-state index contributed by atoms with van der Waals surface area (Å²) in [6.07, 6.45) is 2.58. The predicted molar refractivity (Wildman–Crippen MR) is 104 cm³/mol. The van der Waals surface area contributed by atoms with Crippen LogP contribution in [0.5, 0.6) is 0 Å². The molecule has 8 nitrogen and oxygen atoms in total. The molecule has 0 saturated carbocycles. The molecule has 1 aromatic carbocycles. The lowest BCUT2D eigenvalue weighted by Gasteiger charge is -2.19. The van der Waals surface area contributed by atoms with Gasteiger partial charge in [0.1, 0.15) is 6.61 Å². The first kappa shape index (κ1) is 21.8. The second-order valence-electron chi connectivity index (χ2n) is 6.03. The first-order chi connectivity index (χ1) is 12.7. The Labute approximate surface area is 158 Å². The van der Waals surface area contributed by atoms with Gasteiger partial charge in [-0.2, -0.15) is 10.2 Å². The van der Waals surface area contributed by atoms with Crippen molar-refractivity contribution < 1.29 is 14.5 Å². The number of anilines is 1. The van der Waals surface area contributed by atoms with Crippen molar-refractivity contribution in [1.29, 1.82) is 0 Å². The predicted octanol–water partition coefficient (Wildman–Crippen LogP) is 4.27. The molecule has 0 atom stereocenters. The second-order valence-corrected chi connectivity index (χ2v) is 6.03. The van der Waals surface area contributed by atoms with Gasteiger partial charge in [0.05, 0.1) is 28.8 Å². The largest absolute Gasteiger partial charge is 0.464 e. The van der Waals surface area contributed by atoms with Gasteiger partial charge in [-0.1, -0.05) is 20.4 Å². The third-order valence-electron chi connectivity index (χ3n) is 3.43. The Morgan fingerprint density at radius 2 is 1.93 bits per heavy atom. The van der Waals surface area contributed by atoms with E-state index in [-0.39, 0.29) is 23.3 Å². The van der Waals surface area contributed by atoms with Gasteiger partial charge in [-0.3, -0.25) is 14.9 Å². The summed E-state index contributed by atoms with van der Waals surface area (Å²) in [4.78, 5) is 23.2. The van der Waals surface area contributed by atoms with Crippen molar-refractivity contribution in [1.82, 2.24) is 0 Å². The van der Waals surface area contributed by atoms with Crippen LogP contribution in [-0.2, 0) is 9.53 Å². The molecule has 144 valence electrons. The topological polar surface area (TPSA) is 97.4 Å². The van der Waals surface area contributed by atoms with Crippen LogP contribution in [0, 0.1) is 16.0 Å². The number of azo groups is 1. The van der Waals surface area contributed by atoms with Crippen molar-refractivity contribution in [2.75, 3.05) is 25.1 Å². The maximum atomic E-state index is 11.4. The minimum Gasteiger partial charge on any atom is -0.464 e. The smallest absolute Gasteiger partial charge is 0.308 e. The molecule has 1 aromatic rings. The third kappa shape index (κ3) is 8.08. The minimum absolute atomic E-state index is 0.137. The molecule has 1 rings (SSSR count). The lowest BCUT2D eigenvalue weighted by molar-refractivity contribution is -0.418. The van der Waals surface area contributed by atoms with Crippen LogP contribution in [0.4, 0.5) is 11.4 Å². The van der Waals surface area contributed by atoms with E-state index in [9.17, 15) is 14.9 Å². The summed E-state index contributed by atoms with van der Waals surface area (Å²) in [7, 11) is 1.90. The normalized spacial score (nSPS) is 11.1. The number of nitro groups is 1. The van der Waals surface area contributed by atoms with E-state index in [0.29, 0.717) is 18.8 Å². The highest BCUT2D eigenvalue weighted by atomic mass is 16.6. The van der Waals surface area contributed by atoms with E-state index >= 15 is 0 Å². The van der Waals surface area contributed by atoms with Crippen molar-refractivity contribution in [2.24, 2.45) is 16.1 Å². The van der Waals surface area contributed by atoms with Crippen LogP contribution in [0.2, 0.25) is 0 Å². The number of hydrogen-bond donors (Lipinski definition) is 0. The Hall–Kier alpha value is -3.29. The number of carbonyl (C=O) groups excluding carboxylic acids is 1. The van der Waals surface area contributed by atoms with Crippen molar-refractivity contribution in [2.45, 2.75) is 13.8 Å². The van der Waals surface area contributed by atoms with Gasteiger partial charge < -0.3 is 9.64 Å². The summed E-state index contributed by atoms with van der Waals surface area (Å²) in [6.45, 7) is 11.4. The van der Waals surface area contributed by atoms with Gasteiger partial charge in [0.15, 0.2) is 0 Å². The van der Waals surface area contributed by atoms with Crippen LogP contribution in [0.3, 0.4) is 0 Å². The highest BCUT2D eigenvalue weighted by molar-refractivity contribution is 5.71. The summed E-state index contributed by atoms with van der Waals surface area (Å²) < 4.78 is 5.16. The van der Waals surface area contributed by atoms with Gasteiger partial charge in [-0.25, -0.2) is 0 Å². The lowest BCUT2D eigenvalue weighted by atomic mass is 10.2. The van der Waals surface area contributed by atoms with Crippen LogP contribution in [0.15, 0.2) is 71.2 Å². The molecular formula is C19H24N4O4. The van der Waals surface area contributed by atoms with E-state index in [2.05, 4.69) is 23.4 Å². The first-order valence-corrected chi connectivity index (χ1v) is 8.30. The maximum Gasteiger partial charge on any atom is 0.308 e. The van der Waals surface area contributed by atoms with Crippen LogP contribution >= 0.6 is 0 Å². The van der Waals surface area contributed by atoms with Gasteiger partial charge >= 0.3 is 5.97 Å². The van der Waals surface area contributed by atoms with E-state index < -0.39 is 4.92 Å². The molecule has 0 aromatic heterocycles. The minimum atomic E-state index is -0.597. The summed E-state index contributed by atoms with van der Waals surface area (Å²) in [5, 5.41) is 18.4. The molecule has 27 heavy (non-hydrogen) atoms. The average molecular weight is 372 g/mol. The Kier molecular flexibility index (Phi) is 8.58. The zero-order valence-corrected chi connectivity index (χ0v) is 15.8. The van der Waals surface area contributed by atoms with Gasteiger partial charge in [-0.15, -0.1) is 0 Å². The molecular weight excluding hydrogens is 348 g/mol. The highest BCUT2D eigenvalue weighted by Gasteiger charge is 2.08. The van der Waals surface area contributed by atoms with Gasteiger partial charge in [0.25, 0.3) is 5.70 Å². The molecule has 0 amide bonds. The van der Waals surface area contributed by atoms with E-state index in [1.807, 2.05) is 24.1 Å². The van der Waals surface area contributed by atoms with E-state index in [1.165, 1.54) is 12.2 Å². The Balaban J connectivity index is 2.55. The fourth-order valence-corrected chi connectivity index (χ4v) is 1.76. The summed E-state index contributed by atoms with van der Waals surface area (Å²) in [5.41, 5.74) is 1.57. The fraction of sp³-hybridized carbons (Fsp3) is 0.316. The van der Waals surface area contributed by atoms with Crippen LogP contribution < -0.4 is 4.90 Å². The van der Waals surface area contributed by atoms with Crippen LogP contribution in [-0.4, -0.2) is 31.1 Å². The molecule has 0 bridgehead atoms. The van der Waals surface area contributed by atoms with Gasteiger partial charge in [-0.05, 0) is 36.9 Å². The number of allylic oxidation sites excluding steroid dienone is 2. The van der Waals surface area contributed by atoms with Crippen molar-refractivity contribution in [3.8, 4) is 0 Å². The summed E-state index contributed by atoms with van der Waals surface area (Å²) in [5.74, 6) is -0.350. The molecule has 0 unspecified atom stereocenters. The van der Waals surface area contributed by atoms with Crippen molar-refractivity contribution in [3.05, 3.63) is 71.1 Å². The number of rotatable bonds is 10. The van der Waals surface area contributed by atoms with E-state index in [1.54, 1.807) is 26.0 Å². The molecule has 0 aliphatic heterocycles. The van der Waals surface area contributed by atoms with Crippen LogP contribution in [0.25, 0.3) is 0 Å². The fourth-order valence-electron chi connectivity index (χ4n) is 1.76. The van der Waals surface area contributed by atoms with Gasteiger partial charge in [0, 0.05) is 18.8 Å². The van der Waals surface area contributed by atoms with E-state index in [4.69, 9.17) is 4.74 Å². The molecule has 0 fully saturated rings. The highest BCUT2D eigenvalue weighted by Crippen LogP contribution is 2.20. The molecule has 0 spiro atoms. The summed E-state index contributed by atoms with van der Waals surface area (Å²) >= 11 is 0. The second kappa shape index (κ2) is 10.6. The molecule has 0 radical (unpaired) electrons. The molecule has 0 aliphatic rings. The number of ether oxygens (including phenoxy) is 1. The number of carbonyl (C=O) groups is 1. The third-order valence-corrected chi connectivity index (χ3v) is 3.43. The SMILES string of the molecule is C=C(/C=C\C(=C)[N+](=O)[O-])N=Nc1ccc(N(C)CCOC(=O)C(C)C)cc1. The molecule has 0 aliphatic carbocycles. The quantitative estimate of drug-likeness (QED) is 0.201. The summed E-state index contributed by atoms with van der Waals surface area (Å²) in [6, 6.07) is 7.29. The van der Waals surface area contributed by atoms with Crippen molar-refractivity contribution >= 4 is 17.3 Å². The number of hydrogen-bond acceptors (Lipinski definition) is 7. The lowest BCUT2D eigenvalue weighted by Crippen LogP contribution is -2.25. The van der Waals surface area contributed by atoms with E-state index in [0.717, 1.165) is 5.69 Å². The number of nitrogens with zero attached hydrogens (tertiary/aromatic N) is 4. The number of esters is 1. The molecule has 8 heteroatoms. The Morgan fingerprint density at radius 3 is 2.48 bits per heavy atom. The zero-order valence-electron chi connectivity index (χ0n) is 15.8. The Bertz CT molecular complexity index is 751. The maximum absolute atomic E-state index is 11.4. The van der Waals surface area contributed by atoms with Crippen LogP contribution in [0.1, 0.15) is 13.8 Å². The molecule has 0 heterocycles. The van der Waals surface area contributed by atoms with Crippen molar-refractivity contribution in [3.63, 3.8) is 0 Å². The average Bonchev–Trinajstić information content (AvgIpc) is 2.64. The first-order valence-electron chi connectivity index (χ1n) is 8.30. The zero-order chi connectivity index (χ0) is 20.4. The monoisotopic (exact) mass is 372 g/mol. The molecule has 0 saturated heterocycles.